The fourth-order valence-electron chi connectivity index (χ4n) is 1.65. The molecule has 0 saturated heterocycles. The Kier molecular flexibility index (Phi) is 6.97. The summed E-state index contributed by atoms with van der Waals surface area (Å²) in [6, 6.07) is 7.17. The molecule has 1 N–H and O–H groups in total. The summed E-state index contributed by atoms with van der Waals surface area (Å²) in [6.07, 6.45) is 1.84. The van der Waals surface area contributed by atoms with Gasteiger partial charge in [0.1, 0.15) is 5.75 Å². The lowest BCUT2D eigenvalue weighted by atomic mass is 10.0. The smallest absolute Gasteiger partial charge is 0.305 e. The first kappa shape index (κ1) is 15.5. The number of rotatable bonds is 8. The quantitative estimate of drug-likeness (QED) is 0.580. The van der Waals surface area contributed by atoms with E-state index in [2.05, 4.69) is 0 Å². The summed E-state index contributed by atoms with van der Waals surface area (Å²) < 4.78 is 10.1. The minimum Gasteiger partial charge on any atom is -0.497 e. The van der Waals surface area contributed by atoms with Crippen molar-refractivity contribution in [2.75, 3.05) is 13.7 Å². The molecule has 0 spiro atoms. The molecule has 106 valence electrons. The molecule has 4 heteroatoms. The van der Waals surface area contributed by atoms with Gasteiger partial charge in [-0.2, -0.15) is 0 Å². The molecule has 4 nitrogen and oxygen atoms in total. The minimum atomic E-state index is -0.648. The van der Waals surface area contributed by atoms with Crippen LogP contribution in [0.2, 0.25) is 0 Å². The van der Waals surface area contributed by atoms with Crippen LogP contribution in [0.25, 0.3) is 0 Å². The second kappa shape index (κ2) is 8.53. The highest BCUT2D eigenvalue weighted by Gasteiger charge is 2.11. The maximum absolute atomic E-state index is 11.4. The highest BCUT2D eigenvalue weighted by molar-refractivity contribution is 5.69. The molecule has 0 saturated carbocycles. The monoisotopic (exact) mass is 266 g/mol. The van der Waals surface area contributed by atoms with E-state index in [0.29, 0.717) is 13.0 Å². The van der Waals surface area contributed by atoms with Crippen LogP contribution in [-0.4, -0.2) is 24.8 Å². The minimum absolute atomic E-state index is 0.233. The van der Waals surface area contributed by atoms with E-state index in [9.17, 15) is 9.90 Å². The molecular weight excluding hydrogens is 244 g/mol. The molecule has 0 radical (unpaired) electrons. The molecule has 1 atom stereocenters. The first-order valence-electron chi connectivity index (χ1n) is 6.65. The van der Waals surface area contributed by atoms with Gasteiger partial charge in [0.15, 0.2) is 0 Å². The van der Waals surface area contributed by atoms with Crippen molar-refractivity contribution in [3.63, 3.8) is 0 Å². The van der Waals surface area contributed by atoms with Crippen LogP contribution < -0.4 is 4.74 Å². The molecule has 1 rings (SSSR count). The van der Waals surface area contributed by atoms with Gasteiger partial charge in [0.25, 0.3) is 0 Å². The summed E-state index contributed by atoms with van der Waals surface area (Å²) in [4.78, 5) is 11.4. The van der Waals surface area contributed by atoms with Crippen LogP contribution in [0.5, 0.6) is 5.75 Å². The fraction of sp³-hybridized carbons (Fsp3) is 0.533. The Balaban J connectivity index is 2.33. The van der Waals surface area contributed by atoms with Gasteiger partial charge in [-0.05, 0) is 30.5 Å². The number of methoxy groups -OCH3 is 1. The Morgan fingerprint density at radius 1 is 1.32 bits per heavy atom. The maximum atomic E-state index is 11.4. The molecule has 0 amide bonds. The topological polar surface area (TPSA) is 55.8 Å². The van der Waals surface area contributed by atoms with E-state index >= 15 is 0 Å². The Hall–Kier alpha value is -1.55. The lowest BCUT2D eigenvalue weighted by Crippen LogP contribution is -2.08. The number of carbonyl (C=O) groups excluding carboxylic acids is 1. The molecule has 0 aliphatic heterocycles. The van der Waals surface area contributed by atoms with Crippen LogP contribution in [-0.2, 0) is 9.53 Å². The van der Waals surface area contributed by atoms with Gasteiger partial charge in [-0.1, -0.05) is 25.5 Å². The molecule has 0 bridgehead atoms. The first-order chi connectivity index (χ1) is 9.17. The second-order valence-electron chi connectivity index (χ2n) is 4.40. The summed E-state index contributed by atoms with van der Waals surface area (Å²) in [5, 5.41) is 9.96. The average molecular weight is 266 g/mol. The van der Waals surface area contributed by atoms with Gasteiger partial charge in [0.05, 0.1) is 19.8 Å². The van der Waals surface area contributed by atoms with Crippen LogP contribution in [0.1, 0.15) is 44.3 Å². The van der Waals surface area contributed by atoms with Crippen molar-refractivity contribution in [3.8, 4) is 5.75 Å². The third-order valence-corrected chi connectivity index (χ3v) is 2.88. The number of unbranched alkanes of at least 4 members (excludes halogenated alkanes) is 1. The predicted octanol–water partition coefficient (Wildman–Crippen LogP) is 2.85. The molecule has 1 aromatic rings. The van der Waals surface area contributed by atoms with Crippen LogP contribution in [0.4, 0.5) is 0 Å². The summed E-state index contributed by atoms with van der Waals surface area (Å²) in [5.74, 6) is 0.496. The first-order valence-corrected chi connectivity index (χ1v) is 6.65. The molecular formula is C15H22O4. The van der Waals surface area contributed by atoms with E-state index in [1.165, 1.54) is 0 Å². The van der Waals surface area contributed by atoms with Crippen molar-refractivity contribution in [3.05, 3.63) is 29.8 Å². The summed E-state index contributed by atoms with van der Waals surface area (Å²) in [6.45, 7) is 2.51. The summed E-state index contributed by atoms with van der Waals surface area (Å²) in [7, 11) is 1.59. The third kappa shape index (κ3) is 5.75. The normalized spacial score (nSPS) is 11.9. The molecule has 0 aliphatic carbocycles. The zero-order chi connectivity index (χ0) is 14.1. The van der Waals surface area contributed by atoms with E-state index in [-0.39, 0.29) is 12.4 Å². The molecule has 0 aromatic heterocycles. The number of esters is 1. The van der Waals surface area contributed by atoms with Crippen molar-refractivity contribution in [2.45, 2.75) is 38.7 Å². The molecule has 0 fully saturated rings. The van der Waals surface area contributed by atoms with Crippen molar-refractivity contribution in [2.24, 2.45) is 0 Å². The number of hydrogen-bond acceptors (Lipinski definition) is 4. The second-order valence-corrected chi connectivity index (χ2v) is 4.40. The van der Waals surface area contributed by atoms with E-state index in [1.54, 1.807) is 31.4 Å². The summed E-state index contributed by atoms with van der Waals surface area (Å²) in [5.41, 5.74) is 0.780. The Morgan fingerprint density at radius 2 is 2.00 bits per heavy atom. The zero-order valence-electron chi connectivity index (χ0n) is 11.6. The van der Waals surface area contributed by atoms with Gasteiger partial charge in [-0.3, -0.25) is 4.79 Å². The summed E-state index contributed by atoms with van der Waals surface area (Å²) >= 11 is 0. The van der Waals surface area contributed by atoms with Gasteiger partial charge >= 0.3 is 5.97 Å². The molecule has 1 aromatic carbocycles. The molecule has 0 heterocycles. The maximum Gasteiger partial charge on any atom is 0.305 e. The van der Waals surface area contributed by atoms with Crippen molar-refractivity contribution >= 4 is 5.97 Å². The lowest BCUT2D eigenvalue weighted by molar-refractivity contribution is -0.144. The fourth-order valence-corrected chi connectivity index (χ4v) is 1.65. The van der Waals surface area contributed by atoms with Crippen molar-refractivity contribution in [1.82, 2.24) is 0 Å². The number of ether oxygens (including phenoxy) is 2. The van der Waals surface area contributed by atoms with Gasteiger partial charge in [0, 0.05) is 6.42 Å². The van der Waals surface area contributed by atoms with Crippen LogP contribution in [0, 0.1) is 0 Å². The van der Waals surface area contributed by atoms with Crippen LogP contribution in [0.3, 0.4) is 0 Å². The van der Waals surface area contributed by atoms with Crippen LogP contribution >= 0.6 is 0 Å². The Bertz CT molecular complexity index is 372. The third-order valence-electron chi connectivity index (χ3n) is 2.88. The molecule has 0 aliphatic rings. The van der Waals surface area contributed by atoms with Crippen LogP contribution in [0.15, 0.2) is 24.3 Å². The SMILES string of the molecule is CCCCOC(=O)CCC(O)c1ccc(OC)cc1. The number of carbonyl (C=O) groups is 1. The molecule has 19 heavy (non-hydrogen) atoms. The van der Waals surface area contributed by atoms with Gasteiger partial charge in [-0.25, -0.2) is 0 Å². The Labute approximate surface area is 114 Å². The van der Waals surface area contributed by atoms with E-state index in [0.717, 1.165) is 24.2 Å². The van der Waals surface area contributed by atoms with Gasteiger partial charge in [-0.15, -0.1) is 0 Å². The Morgan fingerprint density at radius 3 is 2.58 bits per heavy atom. The van der Waals surface area contributed by atoms with E-state index in [1.807, 2.05) is 6.92 Å². The van der Waals surface area contributed by atoms with E-state index < -0.39 is 6.10 Å². The van der Waals surface area contributed by atoms with Gasteiger partial charge < -0.3 is 14.6 Å². The van der Waals surface area contributed by atoms with Gasteiger partial charge in [0.2, 0.25) is 0 Å². The number of hydrogen-bond donors (Lipinski definition) is 1. The zero-order valence-corrected chi connectivity index (χ0v) is 11.6. The number of benzene rings is 1. The molecule has 1 unspecified atom stereocenters. The van der Waals surface area contributed by atoms with E-state index in [4.69, 9.17) is 9.47 Å². The average Bonchev–Trinajstić information content (AvgIpc) is 2.45. The largest absolute Gasteiger partial charge is 0.497 e. The number of aliphatic hydroxyl groups is 1. The lowest BCUT2D eigenvalue weighted by Gasteiger charge is -2.11. The predicted molar refractivity (Wildman–Crippen MR) is 73.1 cm³/mol. The van der Waals surface area contributed by atoms with Crippen molar-refractivity contribution in [1.29, 1.82) is 0 Å². The highest BCUT2D eigenvalue weighted by atomic mass is 16.5. The highest BCUT2D eigenvalue weighted by Crippen LogP contribution is 2.21. The number of aliphatic hydroxyl groups excluding tert-OH is 1. The standard InChI is InChI=1S/C15H22O4/c1-3-4-11-19-15(17)10-9-14(16)12-5-7-13(18-2)8-6-12/h5-8,14,16H,3-4,9-11H2,1-2H3. The van der Waals surface area contributed by atoms with Crippen molar-refractivity contribution < 1.29 is 19.4 Å².